The number of halogens is 3. The molecule has 1 saturated heterocycles. The van der Waals surface area contributed by atoms with E-state index in [1.54, 1.807) is 13.0 Å². The Morgan fingerprint density at radius 2 is 1.81 bits per heavy atom. The Bertz CT molecular complexity index is 1090. The van der Waals surface area contributed by atoms with E-state index < -0.39 is 22.4 Å². The molecule has 32 heavy (non-hydrogen) atoms. The van der Waals surface area contributed by atoms with E-state index in [1.807, 2.05) is 11.8 Å². The molecule has 1 atom stereocenters. The van der Waals surface area contributed by atoms with Crippen molar-refractivity contribution in [2.75, 3.05) is 24.5 Å². The molecule has 3 rings (SSSR count). The van der Waals surface area contributed by atoms with Gasteiger partial charge in [0.2, 0.25) is 10.0 Å². The maximum Gasteiger partial charge on any atom is 0.573 e. The Morgan fingerprint density at radius 1 is 1.16 bits per heavy atom. The highest BCUT2D eigenvalue weighted by atomic mass is 32.2. The van der Waals surface area contributed by atoms with Crippen LogP contribution >= 0.6 is 0 Å². The van der Waals surface area contributed by atoms with E-state index in [9.17, 15) is 26.4 Å². The highest BCUT2D eigenvalue weighted by Gasteiger charge is 2.33. The van der Waals surface area contributed by atoms with Crippen molar-refractivity contribution in [3.8, 4) is 5.75 Å². The lowest BCUT2D eigenvalue weighted by molar-refractivity contribution is -0.274. The number of piperazine rings is 1. The van der Waals surface area contributed by atoms with Gasteiger partial charge in [0.1, 0.15) is 5.75 Å². The SMILES string of the molecule is Cc1cc(CC(=O)O)cc(S(=O)(=O)N2CCN(c3ccc(OC(F)(F)F)cc3)C(C)C2)c1. The van der Waals surface area contributed by atoms with Crippen molar-refractivity contribution < 1.29 is 36.2 Å². The molecule has 1 heterocycles. The number of aryl methyl sites for hydroxylation is 1. The van der Waals surface area contributed by atoms with Crippen molar-refractivity contribution in [2.24, 2.45) is 0 Å². The molecule has 1 N–H and O–H groups in total. The number of hydrogen-bond acceptors (Lipinski definition) is 5. The Labute approximate surface area is 184 Å². The topological polar surface area (TPSA) is 87.1 Å². The number of anilines is 1. The van der Waals surface area contributed by atoms with Gasteiger partial charge < -0.3 is 14.7 Å². The van der Waals surface area contributed by atoms with Gasteiger partial charge in [0.05, 0.1) is 11.3 Å². The average Bonchev–Trinajstić information content (AvgIpc) is 2.66. The van der Waals surface area contributed by atoms with Gasteiger partial charge in [-0.1, -0.05) is 6.07 Å². The lowest BCUT2D eigenvalue weighted by Crippen LogP contribution is -2.53. The minimum absolute atomic E-state index is 0.0445. The van der Waals surface area contributed by atoms with Crippen molar-refractivity contribution >= 4 is 21.7 Å². The van der Waals surface area contributed by atoms with E-state index in [1.165, 1.54) is 40.7 Å². The number of carboxylic acids is 1. The third kappa shape index (κ3) is 5.71. The molecule has 1 unspecified atom stereocenters. The zero-order valence-corrected chi connectivity index (χ0v) is 18.3. The van der Waals surface area contributed by atoms with Crippen molar-refractivity contribution in [2.45, 2.75) is 37.6 Å². The van der Waals surface area contributed by atoms with Gasteiger partial charge in [-0.2, -0.15) is 4.31 Å². The first-order valence-electron chi connectivity index (χ1n) is 9.80. The van der Waals surface area contributed by atoms with E-state index in [4.69, 9.17) is 5.11 Å². The summed E-state index contributed by atoms with van der Waals surface area (Å²) in [5, 5.41) is 9.02. The summed E-state index contributed by atoms with van der Waals surface area (Å²) < 4.78 is 68.6. The Balaban J connectivity index is 1.75. The molecule has 1 aliphatic heterocycles. The minimum atomic E-state index is -4.77. The molecule has 1 fully saturated rings. The van der Waals surface area contributed by atoms with Gasteiger partial charge in [0.15, 0.2) is 0 Å². The van der Waals surface area contributed by atoms with Crippen LogP contribution in [0.5, 0.6) is 5.75 Å². The molecule has 0 aromatic heterocycles. The van der Waals surface area contributed by atoms with E-state index in [-0.39, 0.29) is 36.2 Å². The Morgan fingerprint density at radius 3 is 2.38 bits per heavy atom. The molecule has 0 saturated carbocycles. The van der Waals surface area contributed by atoms with Crippen LogP contribution in [0, 0.1) is 6.92 Å². The maximum absolute atomic E-state index is 13.2. The van der Waals surface area contributed by atoms with Crippen molar-refractivity contribution in [1.82, 2.24) is 4.31 Å². The van der Waals surface area contributed by atoms with E-state index in [0.717, 1.165) is 0 Å². The highest BCUT2D eigenvalue weighted by Crippen LogP contribution is 2.29. The van der Waals surface area contributed by atoms with Gasteiger partial charge >= 0.3 is 12.3 Å². The summed E-state index contributed by atoms with van der Waals surface area (Å²) in [5.74, 6) is -1.38. The van der Waals surface area contributed by atoms with Crippen LogP contribution in [0.2, 0.25) is 0 Å². The second-order valence-corrected chi connectivity index (χ2v) is 9.61. The molecular formula is C21H23F3N2O5S. The third-order valence-electron chi connectivity index (χ3n) is 5.10. The Hall–Kier alpha value is -2.79. The number of hydrogen-bond donors (Lipinski definition) is 1. The van der Waals surface area contributed by atoms with Crippen LogP contribution in [0.15, 0.2) is 47.4 Å². The van der Waals surface area contributed by atoms with Crippen LogP contribution in [0.1, 0.15) is 18.1 Å². The smallest absolute Gasteiger partial charge is 0.481 e. The first kappa shape index (κ1) is 23.9. The first-order valence-corrected chi connectivity index (χ1v) is 11.2. The van der Waals surface area contributed by atoms with Crippen LogP contribution in [0.3, 0.4) is 0 Å². The number of alkyl halides is 3. The van der Waals surface area contributed by atoms with Gasteiger partial charge in [-0.3, -0.25) is 4.79 Å². The summed E-state index contributed by atoms with van der Waals surface area (Å²) in [6.45, 7) is 4.22. The molecule has 0 radical (unpaired) electrons. The lowest BCUT2D eigenvalue weighted by atomic mass is 10.1. The molecule has 11 heteroatoms. The molecule has 1 aliphatic rings. The molecule has 0 aliphatic carbocycles. The number of rotatable bonds is 6. The molecule has 2 aromatic carbocycles. The number of benzene rings is 2. The zero-order chi connectivity index (χ0) is 23.7. The largest absolute Gasteiger partial charge is 0.573 e. The average molecular weight is 472 g/mol. The molecule has 2 aromatic rings. The molecule has 0 spiro atoms. The van der Waals surface area contributed by atoms with E-state index in [2.05, 4.69) is 4.74 Å². The van der Waals surface area contributed by atoms with Gasteiger partial charge in [0.25, 0.3) is 0 Å². The number of carbonyl (C=O) groups is 1. The number of sulfonamides is 1. The molecular weight excluding hydrogens is 449 g/mol. The standard InChI is InChI=1S/C21H23F3N2O5S/c1-14-9-16(12-20(27)28)11-19(10-14)32(29,30)25-7-8-26(15(2)13-25)17-3-5-18(6-4-17)31-21(22,23)24/h3-6,9-11,15H,7-8,12-13H2,1-2H3,(H,27,28). The molecule has 7 nitrogen and oxygen atoms in total. The number of nitrogens with zero attached hydrogens (tertiary/aromatic N) is 2. The van der Waals surface area contributed by atoms with Gasteiger partial charge in [-0.25, -0.2) is 8.42 Å². The number of ether oxygens (including phenoxy) is 1. The van der Waals surface area contributed by atoms with Gasteiger partial charge in [-0.05, 0) is 61.4 Å². The lowest BCUT2D eigenvalue weighted by Gasteiger charge is -2.40. The van der Waals surface area contributed by atoms with Crippen molar-refractivity contribution in [3.05, 3.63) is 53.6 Å². The molecule has 0 bridgehead atoms. The van der Waals surface area contributed by atoms with Crippen molar-refractivity contribution in [1.29, 1.82) is 0 Å². The van der Waals surface area contributed by atoms with Crippen LogP contribution in [0.25, 0.3) is 0 Å². The summed E-state index contributed by atoms with van der Waals surface area (Å²) in [7, 11) is -3.84. The van der Waals surface area contributed by atoms with Crippen LogP contribution in [-0.4, -0.2) is 55.8 Å². The minimum Gasteiger partial charge on any atom is -0.481 e. The first-order chi connectivity index (χ1) is 14.8. The fourth-order valence-corrected chi connectivity index (χ4v) is 5.43. The van der Waals surface area contributed by atoms with Crippen LogP contribution in [-0.2, 0) is 21.2 Å². The van der Waals surface area contributed by atoms with Crippen LogP contribution < -0.4 is 9.64 Å². The van der Waals surface area contributed by atoms with Crippen LogP contribution in [0.4, 0.5) is 18.9 Å². The molecule has 174 valence electrons. The zero-order valence-electron chi connectivity index (χ0n) is 17.5. The second kappa shape index (κ2) is 8.99. The number of aliphatic carboxylic acids is 1. The van der Waals surface area contributed by atoms with E-state index >= 15 is 0 Å². The second-order valence-electron chi connectivity index (χ2n) is 7.67. The monoisotopic (exact) mass is 472 g/mol. The quantitative estimate of drug-likeness (QED) is 0.693. The predicted molar refractivity (Wildman–Crippen MR) is 111 cm³/mol. The molecule has 0 amide bonds. The fourth-order valence-electron chi connectivity index (χ4n) is 3.76. The summed E-state index contributed by atoms with van der Waals surface area (Å²) in [6, 6.07) is 9.73. The summed E-state index contributed by atoms with van der Waals surface area (Å²) >= 11 is 0. The van der Waals surface area contributed by atoms with Crippen molar-refractivity contribution in [3.63, 3.8) is 0 Å². The maximum atomic E-state index is 13.2. The summed E-state index contributed by atoms with van der Waals surface area (Å²) in [6.07, 6.45) is -5.04. The fraction of sp³-hybridized carbons (Fsp3) is 0.381. The predicted octanol–water partition coefficient (Wildman–Crippen LogP) is 3.42. The summed E-state index contributed by atoms with van der Waals surface area (Å²) in [5.41, 5.74) is 1.71. The normalized spacial score (nSPS) is 17.9. The highest BCUT2D eigenvalue weighted by molar-refractivity contribution is 7.89. The Kier molecular flexibility index (Phi) is 6.70. The van der Waals surface area contributed by atoms with Gasteiger partial charge in [-0.15, -0.1) is 13.2 Å². The van der Waals surface area contributed by atoms with E-state index in [0.29, 0.717) is 23.4 Å². The summed E-state index contributed by atoms with van der Waals surface area (Å²) in [4.78, 5) is 13.0. The van der Waals surface area contributed by atoms with Gasteiger partial charge in [0, 0.05) is 31.4 Å². The number of carboxylic acid groups (broad SMARTS) is 1. The third-order valence-corrected chi connectivity index (χ3v) is 6.94.